The monoisotopic (exact) mass is 421 g/mol. The zero-order valence-electron chi connectivity index (χ0n) is 13.1. The summed E-state index contributed by atoms with van der Waals surface area (Å²) in [7, 11) is -3.74. The number of sulfonamides is 1. The van der Waals surface area contributed by atoms with E-state index in [1.165, 1.54) is 28.8 Å². The smallest absolute Gasteiger partial charge is 0.316 e. The van der Waals surface area contributed by atoms with Crippen molar-refractivity contribution in [2.75, 3.05) is 13.1 Å². The molecule has 0 bridgehead atoms. The number of aromatic nitrogens is 2. The number of rotatable bonds is 4. The highest BCUT2D eigenvalue weighted by Gasteiger charge is 2.35. The second-order valence-corrected chi connectivity index (χ2v) is 8.76. The summed E-state index contributed by atoms with van der Waals surface area (Å²) in [5.74, 6) is 0. The highest BCUT2D eigenvalue weighted by molar-refractivity contribution is 7.89. The van der Waals surface area contributed by atoms with Crippen LogP contribution in [0.1, 0.15) is 12.0 Å². The average Bonchev–Trinajstić information content (AvgIpc) is 3.02. The predicted molar refractivity (Wildman–Crippen MR) is 96.0 cm³/mol. The number of hydrogen-bond donors (Lipinski definition) is 0. The lowest BCUT2D eigenvalue weighted by atomic mass is 10.2. The second kappa shape index (κ2) is 7.25. The number of halogens is 3. The fourth-order valence-corrected chi connectivity index (χ4v) is 4.88. The molecule has 1 atom stereocenters. The topological polar surface area (TPSA) is 72.4 Å². The number of nitrogens with zero attached hydrogens (tertiary/aromatic N) is 3. The first-order valence-electron chi connectivity index (χ1n) is 7.37. The maximum absolute atomic E-state index is 12.9. The summed E-state index contributed by atoms with van der Waals surface area (Å²) in [6, 6.07) is 3.09. The van der Waals surface area contributed by atoms with E-state index in [4.69, 9.17) is 39.5 Å². The van der Waals surface area contributed by atoms with Gasteiger partial charge in [0.25, 0.3) is 0 Å². The van der Waals surface area contributed by atoms with Gasteiger partial charge in [0, 0.05) is 11.6 Å². The quantitative estimate of drug-likeness (QED) is 0.753. The van der Waals surface area contributed by atoms with Gasteiger partial charge < -0.3 is 4.74 Å². The minimum atomic E-state index is -3.74. The zero-order valence-corrected chi connectivity index (χ0v) is 16.2. The Morgan fingerprint density at radius 3 is 2.52 bits per heavy atom. The first kappa shape index (κ1) is 18.7. The molecule has 10 heteroatoms. The summed E-state index contributed by atoms with van der Waals surface area (Å²) < 4.78 is 32.7. The van der Waals surface area contributed by atoms with Crippen LogP contribution in [0.5, 0.6) is 6.01 Å². The van der Waals surface area contributed by atoms with Crippen LogP contribution in [0.3, 0.4) is 0 Å². The van der Waals surface area contributed by atoms with E-state index in [9.17, 15) is 8.42 Å². The van der Waals surface area contributed by atoms with Gasteiger partial charge in [0.15, 0.2) is 0 Å². The molecule has 1 aromatic carbocycles. The first-order valence-corrected chi connectivity index (χ1v) is 9.95. The average molecular weight is 423 g/mol. The van der Waals surface area contributed by atoms with Crippen molar-refractivity contribution in [3.05, 3.63) is 45.2 Å². The van der Waals surface area contributed by atoms with Crippen LogP contribution in [0.2, 0.25) is 15.1 Å². The van der Waals surface area contributed by atoms with Gasteiger partial charge in [0.2, 0.25) is 10.0 Å². The van der Waals surface area contributed by atoms with Crippen LogP contribution in [0, 0.1) is 6.92 Å². The van der Waals surface area contributed by atoms with Crippen molar-refractivity contribution in [3.8, 4) is 6.01 Å². The van der Waals surface area contributed by atoms with Crippen LogP contribution in [-0.4, -0.2) is 41.9 Å². The summed E-state index contributed by atoms with van der Waals surface area (Å²) in [6.07, 6.45) is 3.02. The molecule has 0 aliphatic carbocycles. The lowest BCUT2D eigenvalue weighted by Gasteiger charge is -2.18. The molecule has 0 N–H and O–H groups in total. The first-order chi connectivity index (χ1) is 11.8. The molecule has 0 radical (unpaired) electrons. The molecule has 1 fully saturated rings. The Hall–Kier alpha value is -1.12. The van der Waals surface area contributed by atoms with Gasteiger partial charge in [0.05, 0.1) is 29.0 Å². The molecular formula is C15H14Cl3N3O3S. The number of aryl methyl sites for hydroxylation is 1. The van der Waals surface area contributed by atoms with E-state index < -0.39 is 10.0 Å². The third-order valence-corrected chi connectivity index (χ3v) is 6.74. The van der Waals surface area contributed by atoms with Crippen molar-refractivity contribution in [2.45, 2.75) is 24.3 Å². The van der Waals surface area contributed by atoms with Crippen molar-refractivity contribution in [2.24, 2.45) is 0 Å². The Kier molecular flexibility index (Phi) is 5.41. The Bertz CT molecular complexity index is 891. The lowest BCUT2D eigenvalue weighted by molar-refractivity contribution is 0.197. The summed E-state index contributed by atoms with van der Waals surface area (Å²) in [4.78, 5) is 7.95. The molecule has 1 unspecified atom stereocenters. The third kappa shape index (κ3) is 4.01. The van der Waals surface area contributed by atoms with Crippen molar-refractivity contribution in [3.63, 3.8) is 0 Å². The molecule has 6 nitrogen and oxygen atoms in total. The fourth-order valence-electron chi connectivity index (χ4n) is 2.49. The Balaban J connectivity index is 1.76. The highest BCUT2D eigenvalue weighted by atomic mass is 35.5. The van der Waals surface area contributed by atoms with Gasteiger partial charge >= 0.3 is 6.01 Å². The molecule has 3 rings (SSSR count). The molecule has 1 saturated heterocycles. The van der Waals surface area contributed by atoms with E-state index in [2.05, 4.69) is 9.97 Å². The van der Waals surface area contributed by atoms with Gasteiger partial charge in [-0.1, -0.05) is 34.8 Å². The van der Waals surface area contributed by atoms with Crippen LogP contribution in [0.25, 0.3) is 0 Å². The van der Waals surface area contributed by atoms with Gasteiger partial charge in [0.1, 0.15) is 11.0 Å². The van der Waals surface area contributed by atoms with E-state index in [-0.39, 0.29) is 28.6 Å². The van der Waals surface area contributed by atoms with E-state index in [0.717, 1.165) is 0 Å². The fraction of sp³-hybridized carbons (Fsp3) is 0.333. The molecule has 2 aromatic rings. The lowest BCUT2D eigenvalue weighted by Crippen LogP contribution is -2.31. The summed E-state index contributed by atoms with van der Waals surface area (Å²) in [5.41, 5.74) is 0.645. The van der Waals surface area contributed by atoms with E-state index in [1.807, 2.05) is 0 Å². The summed E-state index contributed by atoms with van der Waals surface area (Å²) in [6.45, 7) is 2.23. The minimum absolute atomic E-state index is 0.0412. The molecule has 1 aromatic heterocycles. The number of hydrogen-bond acceptors (Lipinski definition) is 5. The zero-order chi connectivity index (χ0) is 18.2. The normalized spacial score (nSPS) is 18.5. The van der Waals surface area contributed by atoms with Crippen molar-refractivity contribution in [1.29, 1.82) is 0 Å². The molecule has 0 amide bonds. The maximum Gasteiger partial charge on any atom is 0.316 e. The molecule has 25 heavy (non-hydrogen) atoms. The minimum Gasteiger partial charge on any atom is -0.459 e. The van der Waals surface area contributed by atoms with Crippen LogP contribution in [0.15, 0.2) is 29.4 Å². The molecule has 2 heterocycles. The van der Waals surface area contributed by atoms with Gasteiger partial charge in [-0.25, -0.2) is 18.4 Å². The second-order valence-electron chi connectivity index (χ2n) is 5.61. The standard InChI is InChI=1S/C15H14Cl3N3O3S/c1-9-4-14(13(18)5-12(9)17)25(22,23)21-3-2-11(8-21)24-15-19-6-10(16)7-20-15/h4-7,11H,2-3,8H2,1H3. The molecule has 0 spiro atoms. The van der Waals surface area contributed by atoms with E-state index in [1.54, 1.807) is 6.92 Å². The van der Waals surface area contributed by atoms with E-state index >= 15 is 0 Å². The van der Waals surface area contributed by atoms with Crippen molar-refractivity contribution < 1.29 is 13.2 Å². The van der Waals surface area contributed by atoms with Gasteiger partial charge in [-0.2, -0.15) is 4.31 Å². The van der Waals surface area contributed by atoms with E-state index in [0.29, 0.717) is 28.6 Å². The van der Waals surface area contributed by atoms with Crippen LogP contribution < -0.4 is 4.74 Å². The molecule has 1 aliphatic rings. The summed E-state index contributed by atoms with van der Waals surface area (Å²) in [5, 5.41) is 0.920. The Labute approximate surface area is 160 Å². The SMILES string of the molecule is Cc1cc(S(=O)(=O)N2CCC(Oc3ncc(Cl)cn3)C2)c(Cl)cc1Cl. The van der Waals surface area contributed by atoms with Gasteiger partial charge in [-0.15, -0.1) is 0 Å². The number of benzene rings is 1. The maximum atomic E-state index is 12.9. The third-order valence-electron chi connectivity index (χ3n) is 3.81. The molecular weight excluding hydrogens is 409 g/mol. The van der Waals surface area contributed by atoms with Gasteiger partial charge in [-0.05, 0) is 31.0 Å². The Morgan fingerprint density at radius 2 is 1.84 bits per heavy atom. The predicted octanol–water partition coefficient (Wildman–Crippen LogP) is 3.59. The Morgan fingerprint density at radius 1 is 1.16 bits per heavy atom. The van der Waals surface area contributed by atoms with Crippen molar-refractivity contribution in [1.82, 2.24) is 14.3 Å². The van der Waals surface area contributed by atoms with Crippen LogP contribution in [-0.2, 0) is 10.0 Å². The summed E-state index contributed by atoms with van der Waals surface area (Å²) >= 11 is 17.8. The van der Waals surface area contributed by atoms with Gasteiger partial charge in [-0.3, -0.25) is 0 Å². The highest BCUT2D eigenvalue weighted by Crippen LogP contribution is 2.32. The van der Waals surface area contributed by atoms with Crippen LogP contribution in [0.4, 0.5) is 0 Å². The van der Waals surface area contributed by atoms with Crippen molar-refractivity contribution >= 4 is 44.8 Å². The van der Waals surface area contributed by atoms with Crippen LogP contribution >= 0.6 is 34.8 Å². The molecule has 0 saturated carbocycles. The molecule has 134 valence electrons. The molecule has 1 aliphatic heterocycles. The largest absolute Gasteiger partial charge is 0.459 e. The number of ether oxygens (including phenoxy) is 1.